The summed E-state index contributed by atoms with van der Waals surface area (Å²) in [7, 11) is 0. The van der Waals surface area contributed by atoms with E-state index in [4.69, 9.17) is 5.11 Å². The monoisotopic (exact) mass is 179 g/mol. The summed E-state index contributed by atoms with van der Waals surface area (Å²) in [4.78, 5) is 10.4. The van der Waals surface area contributed by atoms with Crippen molar-refractivity contribution in [1.82, 2.24) is 9.97 Å². The van der Waals surface area contributed by atoms with Gasteiger partial charge in [0.1, 0.15) is 0 Å². The van der Waals surface area contributed by atoms with E-state index in [1.54, 1.807) is 12.4 Å². The van der Waals surface area contributed by atoms with Gasteiger partial charge in [-0.2, -0.15) is 0 Å². The molecule has 1 aromatic rings. The standard InChI is InChI=1S/C9H13N3O/c13-5-2-8-6-12(7-8)9-10-3-1-4-11-9/h1,3-4,8,13H,2,5-7H2. The lowest BCUT2D eigenvalue weighted by molar-refractivity contribution is 0.238. The highest BCUT2D eigenvalue weighted by Gasteiger charge is 2.27. The lowest BCUT2D eigenvalue weighted by Gasteiger charge is -2.38. The maximum absolute atomic E-state index is 8.71. The lowest BCUT2D eigenvalue weighted by atomic mass is 9.97. The smallest absolute Gasteiger partial charge is 0.225 e. The largest absolute Gasteiger partial charge is 0.396 e. The Labute approximate surface area is 77.2 Å². The van der Waals surface area contributed by atoms with Gasteiger partial charge < -0.3 is 10.0 Å². The van der Waals surface area contributed by atoms with E-state index in [0.717, 1.165) is 25.5 Å². The van der Waals surface area contributed by atoms with Crippen LogP contribution in [0.5, 0.6) is 0 Å². The molecule has 0 atom stereocenters. The fraction of sp³-hybridized carbons (Fsp3) is 0.556. The van der Waals surface area contributed by atoms with Crippen molar-refractivity contribution in [2.75, 3.05) is 24.6 Å². The number of aromatic nitrogens is 2. The van der Waals surface area contributed by atoms with E-state index in [9.17, 15) is 0 Å². The highest BCUT2D eigenvalue weighted by Crippen LogP contribution is 2.22. The molecular formula is C9H13N3O. The minimum atomic E-state index is 0.286. The number of aliphatic hydroxyl groups excluding tert-OH is 1. The molecule has 1 fully saturated rings. The van der Waals surface area contributed by atoms with E-state index in [0.29, 0.717) is 5.92 Å². The van der Waals surface area contributed by atoms with Crippen molar-refractivity contribution in [3.63, 3.8) is 0 Å². The molecule has 0 spiro atoms. The maximum atomic E-state index is 8.71. The third-order valence-electron chi connectivity index (χ3n) is 2.33. The normalized spacial score (nSPS) is 17.2. The Morgan fingerprint density at radius 1 is 1.38 bits per heavy atom. The fourth-order valence-electron chi connectivity index (χ4n) is 1.55. The molecule has 2 rings (SSSR count). The third-order valence-corrected chi connectivity index (χ3v) is 2.33. The van der Waals surface area contributed by atoms with E-state index in [-0.39, 0.29) is 6.61 Å². The molecular weight excluding hydrogens is 166 g/mol. The summed E-state index contributed by atoms with van der Waals surface area (Å²) in [6.07, 6.45) is 4.40. The van der Waals surface area contributed by atoms with Crippen LogP contribution in [-0.2, 0) is 0 Å². The molecule has 1 aliphatic heterocycles. The predicted molar refractivity (Wildman–Crippen MR) is 49.4 cm³/mol. The molecule has 1 aromatic heterocycles. The highest BCUT2D eigenvalue weighted by molar-refractivity contribution is 5.32. The van der Waals surface area contributed by atoms with Crippen molar-refractivity contribution >= 4 is 5.95 Å². The predicted octanol–water partition coefficient (Wildman–Crippen LogP) is 0.295. The van der Waals surface area contributed by atoms with Crippen LogP contribution in [0.3, 0.4) is 0 Å². The van der Waals surface area contributed by atoms with Gasteiger partial charge in [-0.1, -0.05) is 0 Å². The Bertz CT molecular complexity index is 259. The number of hydrogen-bond donors (Lipinski definition) is 1. The second-order valence-corrected chi connectivity index (χ2v) is 3.33. The second-order valence-electron chi connectivity index (χ2n) is 3.33. The molecule has 1 saturated heterocycles. The second kappa shape index (κ2) is 3.70. The zero-order valence-electron chi connectivity index (χ0n) is 7.43. The van der Waals surface area contributed by atoms with Gasteiger partial charge in [0, 0.05) is 32.1 Å². The van der Waals surface area contributed by atoms with Crippen molar-refractivity contribution in [3.8, 4) is 0 Å². The van der Waals surface area contributed by atoms with Crippen LogP contribution in [-0.4, -0.2) is 34.8 Å². The molecule has 13 heavy (non-hydrogen) atoms. The lowest BCUT2D eigenvalue weighted by Crippen LogP contribution is -2.47. The van der Waals surface area contributed by atoms with Gasteiger partial charge in [0.25, 0.3) is 0 Å². The Hall–Kier alpha value is -1.16. The first-order chi connectivity index (χ1) is 6.40. The fourth-order valence-corrected chi connectivity index (χ4v) is 1.55. The molecule has 1 aliphatic rings. The average Bonchev–Trinajstić information content (AvgIpc) is 2.12. The van der Waals surface area contributed by atoms with Crippen LogP contribution in [0.2, 0.25) is 0 Å². The van der Waals surface area contributed by atoms with Crippen LogP contribution < -0.4 is 4.90 Å². The first-order valence-electron chi connectivity index (χ1n) is 4.53. The van der Waals surface area contributed by atoms with Gasteiger partial charge in [-0.15, -0.1) is 0 Å². The molecule has 70 valence electrons. The van der Waals surface area contributed by atoms with Crippen LogP contribution in [0, 0.1) is 5.92 Å². The first-order valence-corrected chi connectivity index (χ1v) is 4.53. The van der Waals surface area contributed by atoms with E-state index >= 15 is 0 Å². The summed E-state index contributed by atoms with van der Waals surface area (Å²) < 4.78 is 0. The average molecular weight is 179 g/mol. The van der Waals surface area contributed by atoms with Crippen LogP contribution in [0.15, 0.2) is 18.5 Å². The minimum absolute atomic E-state index is 0.286. The summed E-state index contributed by atoms with van der Waals surface area (Å²) in [5.74, 6) is 1.42. The van der Waals surface area contributed by atoms with E-state index in [1.165, 1.54) is 0 Å². The Kier molecular flexibility index (Phi) is 2.40. The molecule has 4 nitrogen and oxygen atoms in total. The van der Waals surface area contributed by atoms with Gasteiger partial charge in [-0.05, 0) is 18.4 Å². The number of aliphatic hydroxyl groups is 1. The Balaban J connectivity index is 1.87. The van der Waals surface area contributed by atoms with Gasteiger partial charge >= 0.3 is 0 Å². The van der Waals surface area contributed by atoms with Gasteiger partial charge in [0.05, 0.1) is 0 Å². The van der Waals surface area contributed by atoms with E-state index in [1.807, 2.05) is 6.07 Å². The molecule has 1 N–H and O–H groups in total. The zero-order valence-corrected chi connectivity index (χ0v) is 7.43. The molecule has 0 aromatic carbocycles. The van der Waals surface area contributed by atoms with Crippen LogP contribution in [0.25, 0.3) is 0 Å². The van der Waals surface area contributed by atoms with Crippen LogP contribution >= 0.6 is 0 Å². The zero-order chi connectivity index (χ0) is 9.10. The minimum Gasteiger partial charge on any atom is -0.396 e. The van der Waals surface area contributed by atoms with E-state index < -0.39 is 0 Å². The number of anilines is 1. The van der Waals surface area contributed by atoms with E-state index in [2.05, 4.69) is 14.9 Å². The summed E-state index contributed by atoms with van der Waals surface area (Å²) >= 11 is 0. The molecule has 0 unspecified atom stereocenters. The number of hydrogen-bond acceptors (Lipinski definition) is 4. The van der Waals surface area contributed by atoms with Crippen LogP contribution in [0.1, 0.15) is 6.42 Å². The van der Waals surface area contributed by atoms with Crippen molar-refractivity contribution in [2.24, 2.45) is 5.92 Å². The van der Waals surface area contributed by atoms with Gasteiger partial charge in [0.15, 0.2) is 0 Å². The van der Waals surface area contributed by atoms with Gasteiger partial charge in [0.2, 0.25) is 5.95 Å². The van der Waals surface area contributed by atoms with Crippen molar-refractivity contribution in [1.29, 1.82) is 0 Å². The number of rotatable bonds is 3. The first kappa shape index (κ1) is 8.44. The quantitative estimate of drug-likeness (QED) is 0.724. The Morgan fingerprint density at radius 3 is 2.69 bits per heavy atom. The molecule has 4 heteroatoms. The molecule has 0 aliphatic carbocycles. The topological polar surface area (TPSA) is 49.2 Å². The molecule has 0 radical (unpaired) electrons. The third kappa shape index (κ3) is 1.78. The molecule has 0 bridgehead atoms. The summed E-state index contributed by atoms with van der Waals surface area (Å²) in [6, 6.07) is 1.81. The summed E-state index contributed by atoms with van der Waals surface area (Å²) in [5.41, 5.74) is 0. The van der Waals surface area contributed by atoms with Crippen molar-refractivity contribution in [3.05, 3.63) is 18.5 Å². The van der Waals surface area contributed by atoms with Gasteiger partial charge in [-0.25, -0.2) is 9.97 Å². The molecule has 0 saturated carbocycles. The van der Waals surface area contributed by atoms with Crippen molar-refractivity contribution < 1.29 is 5.11 Å². The molecule has 2 heterocycles. The number of nitrogens with zero attached hydrogens (tertiary/aromatic N) is 3. The summed E-state index contributed by atoms with van der Waals surface area (Å²) in [5, 5.41) is 8.71. The molecule has 0 amide bonds. The SMILES string of the molecule is OCCC1CN(c2ncccn2)C1. The Morgan fingerprint density at radius 2 is 2.08 bits per heavy atom. The van der Waals surface area contributed by atoms with Crippen LogP contribution in [0.4, 0.5) is 5.95 Å². The van der Waals surface area contributed by atoms with Gasteiger partial charge in [-0.3, -0.25) is 0 Å². The highest BCUT2D eigenvalue weighted by atomic mass is 16.3. The maximum Gasteiger partial charge on any atom is 0.225 e. The summed E-state index contributed by atoms with van der Waals surface area (Å²) in [6.45, 7) is 2.24. The van der Waals surface area contributed by atoms with Crippen molar-refractivity contribution in [2.45, 2.75) is 6.42 Å².